The number of hydrogen-bond acceptors (Lipinski definition) is 3. The van der Waals surface area contributed by atoms with E-state index in [1.807, 2.05) is 12.1 Å². The Labute approximate surface area is 89.8 Å². The zero-order chi connectivity index (χ0) is 10.7. The third-order valence-electron chi connectivity index (χ3n) is 2.96. The number of phenolic OH excluding ortho intramolecular Hbond substituents is 1. The summed E-state index contributed by atoms with van der Waals surface area (Å²) in [6.45, 7) is 0.836. The Bertz CT molecular complexity index is 338. The molecule has 82 valence electrons. The van der Waals surface area contributed by atoms with Gasteiger partial charge < -0.3 is 15.5 Å². The molecule has 0 heterocycles. The maximum absolute atomic E-state index is 9.39. The van der Waals surface area contributed by atoms with Gasteiger partial charge in [0.25, 0.3) is 0 Å². The molecule has 15 heavy (non-hydrogen) atoms. The number of nitrogens with one attached hydrogen (secondary N) is 1. The molecule has 2 rings (SSSR count). The maximum atomic E-state index is 9.39. The summed E-state index contributed by atoms with van der Waals surface area (Å²) in [5.74, 6) is 0.344. The van der Waals surface area contributed by atoms with Crippen molar-refractivity contribution in [2.24, 2.45) is 0 Å². The summed E-state index contributed by atoms with van der Waals surface area (Å²) in [6, 6.07) is 6.04. The highest BCUT2D eigenvalue weighted by Crippen LogP contribution is 2.24. The van der Waals surface area contributed by atoms with Crippen LogP contribution in [0, 0.1) is 0 Å². The number of aromatic hydroxyl groups is 1. The molecule has 1 aliphatic carbocycles. The second-order valence-electron chi connectivity index (χ2n) is 4.07. The summed E-state index contributed by atoms with van der Waals surface area (Å²) in [5.41, 5.74) is 2.58. The second-order valence-corrected chi connectivity index (χ2v) is 4.07. The molecular weight excluding hydrogens is 190 g/mol. The zero-order valence-electron chi connectivity index (χ0n) is 8.74. The average molecular weight is 207 g/mol. The molecule has 3 heteroatoms. The van der Waals surface area contributed by atoms with Gasteiger partial charge in [-0.05, 0) is 42.5 Å². The molecule has 3 N–H and O–H groups in total. The molecule has 0 radical (unpaired) electrons. The van der Waals surface area contributed by atoms with E-state index in [0.717, 1.165) is 19.3 Å². The average Bonchev–Trinajstić information content (AvgIpc) is 2.25. The number of aryl methyl sites for hydroxylation is 1. The topological polar surface area (TPSA) is 52.5 Å². The molecule has 0 spiro atoms. The van der Waals surface area contributed by atoms with Crippen LogP contribution < -0.4 is 5.32 Å². The van der Waals surface area contributed by atoms with E-state index >= 15 is 0 Å². The van der Waals surface area contributed by atoms with E-state index in [4.69, 9.17) is 5.11 Å². The zero-order valence-corrected chi connectivity index (χ0v) is 8.74. The largest absolute Gasteiger partial charge is 0.508 e. The lowest BCUT2D eigenvalue weighted by Gasteiger charge is -2.25. The van der Waals surface area contributed by atoms with Gasteiger partial charge in [-0.2, -0.15) is 0 Å². The number of rotatable bonds is 3. The van der Waals surface area contributed by atoms with Gasteiger partial charge in [0.15, 0.2) is 0 Å². The lowest BCUT2D eigenvalue weighted by Crippen LogP contribution is -2.36. The van der Waals surface area contributed by atoms with Crippen molar-refractivity contribution in [3.8, 4) is 5.75 Å². The Morgan fingerprint density at radius 1 is 1.33 bits per heavy atom. The van der Waals surface area contributed by atoms with Crippen LogP contribution in [0.15, 0.2) is 18.2 Å². The fourth-order valence-corrected chi connectivity index (χ4v) is 2.19. The molecule has 1 aliphatic rings. The highest BCUT2D eigenvalue weighted by molar-refractivity contribution is 5.37. The number of fused-ring (bicyclic) bond motifs is 1. The van der Waals surface area contributed by atoms with Gasteiger partial charge in [-0.3, -0.25) is 0 Å². The summed E-state index contributed by atoms with van der Waals surface area (Å²) < 4.78 is 0. The van der Waals surface area contributed by atoms with Crippen molar-refractivity contribution >= 4 is 0 Å². The molecule has 1 aromatic carbocycles. The minimum Gasteiger partial charge on any atom is -0.508 e. The van der Waals surface area contributed by atoms with Crippen LogP contribution >= 0.6 is 0 Å². The van der Waals surface area contributed by atoms with Crippen LogP contribution in [-0.2, 0) is 12.8 Å². The second kappa shape index (κ2) is 4.64. The quantitative estimate of drug-likeness (QED) is 0.688. The highest BCUT2D eigenvalue weighted by atomic mass is 16.3. The van der Waals surface area contributed by atoms with Gasteiger partial charge in [0.2, 0.25) is 0 Å². The first-order chi connectivity index (χ1) is 7.29. The van der Waals surface area contributed by atoms with E-state index in [2.05, 4.69) is 5.32 Å². The van der Waals surface area contributed by atoms with Crippen LogP contribution in [0.1, 0.15) is 17.5 Å². The first-order valence-electron chi connectivity index (χ1n) is 5.44. The van der Waals surface area contributed by atoms with Crippen molar-refractivity contribution in [1.82, 2.24) is 5.32 Å². The van der Waals surface area contributed by atoms with Crippen LogP contribution in [0.2, 0.25) is 0 Å². The normalized spacial score (nSPS) is 19.9. The third kappa shape index (κ3) is 2.49. The lowest BCUT2D eigenvalue weighted by molar-refractivity contribution is 0.280. The summed E-state index contributed by atoms with van der Waals surface area (Å²) in [4.78, 5) is 0. The Kier molecular flexibility index (Phi) is 3.23. The first-order valence-corrected chi connectivity index (χ1v) is 5.44. The molecule has 0 amide bonds. The highest BCUT2D eigenvalue weighted by Gasteiger charge is 2.17. The Morgan fingerprint density at radius 3 is 3.00 bits per heavy atom. The number of hydrogen-bond donors (Lipinski definition) is 3. The molecule has 0 unspecified atom stereocenters. The predicted octanol–water partition coefficient (Wildman–Crippen LogP) is 0.831. The molecule has 0 aromatic heterocycles. The van der Waals surface area contributed by atoms with Gasteiger partial charge in [-0.1, -0.05) is 6.07 Å². The van der Waals surface area contributed by atoms with E-state index < -0.39 is 0 Å². The van der Waals surface area contributed by atoms with E-state index in [9.17, 15) is 5.11 Å². The van der Waals surface area contributed by atoms with Gasteiger partial charge in [-0.15, -0.1) is 0 Å². The molecule has 0 fully saturated rings. The molecule has 0 bridgehead atoms. The molecule has 0 saturated heterocycles. The summed E-state index contributed by atoms with van der Waals surface area (Å²) in [5, 5.41) is 21.4. The maximum Gasteiger partial charge on any atom is 0.115 e. The van der Waals surface area contributed by atoms with Gasteiger partial charge in [0.1, 0.15) is 5.75 Å². The van der Waals surface area contributed by atoms with Crippen LogP contribution in [0.4, 0.5) is 0 Å². The van der Waals surface area contributed by atoms with Crippen LogP contribution in [0.3, 0.4) is 0 Å². The standard InChI is InChI=1S/C12H17NO2/c14-6-5-13-11-3-1-9-2-4-12(15)8-10(9)7-11/h2,4,8,11,13-15H,1,3,5-7H2/t11-/m0/s1. The first kappa shape index (κ1) is 10.5. The van der Waals surface area contributed by atoms with Crippen molar-refractivity contribution in [1.29, 1.82) is 0 Å². The molecule has 0 saturated carbocycles. The molecule has 1 aromatic rings. The Morgan fingerprint density at radius 2 is 2.20 bits per heavy atom. The van der Waals surface area contributed by atoms with Crippen molar-refractivity contribution in [3.63, 3.8) is 0 Å². The van der Waals surface area contributed by atoms with Crippen molar-refractivity contribution in [3.05, 3.63) is 29.3 Å². The number of benzene rings is 1. The Hall–Kier alpha value is -1.06. The molecular formula is C12H17NO2. The van der Waals surface area contributed by atoms with Gasteiger partial charge in [0.05, 0.1) is 6.61 Å². The van der Waals surface area contributed by atoms with E-state index in [1.54, 1.807) is 6.07 Å². The fraction of sp³-hybridized carbons (Fsp3) is 0.500. The monoisotopic (exact) mass is 207 g/mol. The summed E-state index contributed by atoms with van der Waals surface area (Å²) in [6.07, 6.45) is 3.11. The molecule has 1 atom stereocenters. The van der Waals surface area contributed by atoms with Gasteiger partial charge >= 0.3 is 0 Å². The van der Waals surface area contributed by atoms with Crippen LogP contribution in [0.25, 0.3) is 0 Å². The third-order valence-corrected chi connectivity index (χ3v) is 2.96. The van der Waals surface area contributed by atoms with E-state index in [1.165, 1.54) is 11.1 Å². The minimum absolute atomic E-state index is 0.184. The Balaban J connectivity index is 2.05. The van der Waals surface area contributed by atoms with Crippen LogP contribution in [0.5, 0.6) is 5.75 Å². The fourth-order valence-electron chi connectivity index (χ4n) is 2.19. The number of aliphatic hydroxyl groups is 1. The summed E-state index contributed by atoms with van der Waals surface area (Å²) in [7, 11) is 0. The van der Waals surface area contributed by atoms with E-state index in [0.29, 0.717) is 18.3 Å². The predicted molar refractivity (Wildman–Crippen MR) is 59.0 cm³/mol. The van der Waals surface area contributed by atoms with Crippen molar-refractivity contribution in [2.45, 2.75) is 25.3 Å². The number of phenols is 1. The lowest BCUT2D eigenvalue weighted by atomic mass is 9.88. The smallest absolute Gasteiger partial charge is 0.115 e. The van der Waals surface area contributed by atoms with Crippen molar-refractivity contribution in [2.75, 3.05) is 13.2 Å². The van der Waals surface area contributed by atoms with Crippen LogP contribution in [-0.4, -0.2) is 29.4 Å². The van der Waals surface area contributed by atoms with Crippen molar-refractivity contribution < 1.29 is 10.2 Å². The van der Waals surface area contributed by atoms with Gasteiger partial charge in [0, 0.05) is 12.6 Å². The number of aliphatic hydroxyl groups excluding tert-OH is 1. The van der Waals surface area contributed by atoms with Gasteiger partial charge in [-0.25, -0.2) is 0 Å². The minimum atomic E-state index is 0.184. The van der Waals surface area contributed by atoms with E-state index in [-0.39, 0.29) is 6.61 Å². The molecule has 0 aliphatic heterocycles. The SMILES string of the molecule is OCCN[C@H]1CCc2ccc(O)cc2C1. The molecule has 3 nitrogen and oxygen atoms in total. The summed E-state index contributed by atoms with van der Waals surface area (Å²) >= 11 is 0.